The van der Waals surface area contributed by atoms with Crippen LogP contribution >= 0.6 is 11.6 Å². The number of nitrogens with one attached hydrogen (secondary N) is 1. The highest BCUT2D eigenvalue weighted by molar-refractivity contribution is 6.31. The normalized spacial score (nSPS) is 10.2. The molecule has 2 aromatic rings. The van der Waals surface area contributed by atoms with Gasteiger partial charge in [-0.15, -0.1) is 0 Å². The van der Waals surface area contributed by atoms with E-state index >= 15 is 0 Å². The average molecular weight is 304 g/mol. The molecule has 0 heterocycles. The first kappa shape index (κ1) is 15.2. The fourth-order valence-electron chi connectivity index (χ4n) is 1.94. The van der Waals surface area contributed by atoms with Gasteiger partial charge in [-0.3, -0.25) is 4.79 Å². The highest BCUT2D eigenvalue weighted by Gasteiger charge is 2.07. The molecular formula is C16H18ClN3O. The molecule has 0 saturated heterocycles. The molecule has 110 valence electrons. The molecule has 21 heavy (non-hydrogen) atoms. The summed E-state index contributed by atoms with van der Waals surface area (Å²) >= 11 is 5.89. The van der Waals surface area contributed by atoms with Crippen molar-refractivity contribution in [3.63, 3.8) is 0 Å². The SMILES string of the molecule is CN(C)c1ccc(CNC(=O)c2cc(N)cc(Cl)c2)cc1. The smallest absolute Gasteiger partial charge is 0.251 e. The minimum absolute atomic E-state index is 0.194. The Balaban J connectivity index is 2.00. The Morgan fingerprint density at radius 3 is 2.43 bits per heavy atom. The second kappa shape index (κ2) is 6.50. The van der Waals surface area contributed by atoms with Gasteiger partial charge < -0.3 is 16.0 Å². The number of hydrogen-bond donors (Lipinski definition) is 2. The second-order valence-corrected chi connectivity index (χ2v) is 5.45. The maximum absolute atomic E-state index is 12.1. The van der Waals surface area contributed by atoms with Crippen LogP contribution in [0.5, 0.6) is 0 Å². The first-order valence-electron chi connectivity index (χ1n) is 6.56. The number of carbonyl (C=O) groups excluding carboxylic acids is 1. The molecule has 1 amide bonds. The molecule has 0 unspecified atom stereocenters. The zero-order valence-corrected chi connectivity index (χ0v) is 12.8. The molecule has 0 aliphatic heterocycles. The summed E-state index contributed by atoms with van der Waals surface area (Å²) in [5.41, 5.74) is 8.77. The summed E-state index contributed by atoms with van der Waals surface area (Å²) in [5.74, 6) is -0.194. The number of nitrogens with zero attached hydrogens (tertiary/aromatic N) is 1. The number of anilines is 2. The monoisotopic (exact) mass is 303 g/mol. The van der Waals surface area contributed by atoms with E-state index in [1.54, 1.807) is 18.2 Å². The fourth-order valence-corrected chi connectivity index (χ4v) is 2.18. The molecule has 0 radical (unpaired) electrons. The van der Waals surface area contributed by atoms with Gasteiger partial charge in [0.1, 0.15) is 0 Å². The molecule has 3 N–H and O–H groups in total. The number of nitrogens with two attached hydrogens (primary N) is 1. The molecule has 0 bridgehead atoms. The molecule has 4 nitrogen and oxygen atoms in total. The van der Waals surface area contributed by atoms with Crippen LogP contribution in [0.3, 0.4) is 0 Å². The van der Waals surface area contributed by atoms with E-state index < -0.39 is 0 Å². The van der Waals surface area contributed by atoms with Gasteiger partial charge in [-0.1, -0.05) is 23.7 Å². The van der Waals surface area contributed by atoms with Crippen molar-refractivity contribution in [2.24, 2.45) is 0 Å². The van der Waals surface area contributed by atoms with E-state index in [2.05, 4.69) is 5.32 Å². The van der Waals surface area contributed by atoms with Crippen LogP contribution in [-0.4, -0.2) is 20.0 Å². The zero-order valence-electron chi connectivity index (χ0n) is 12.1. The summed E-state index contributed by atoms with van der Waals surface area (Å²) in [7, 11) is 3.97. The van der Waals surface area contributed by atoms with E-state index in [1.165, 1.54) is 0 Å². The molecule has 0 aliphatic carbocycles. The Morgan fingerprint density at radius 1 is 1.19 bits per heavy atom. The van der Waals surface area contributed by atoms with E-state index in [-0.39, 0.29) is 5.91 Å². The van der Waals surface area contributed by atoms with Crippen LogP contribution < -0.4 is 16.0 Å². The molecule has 0 saturated carbocycles. The lowest BCUT2D eigenvalue weighted by Gasteiger charge is -2.13. The predicted octanol–water partition coefficient (Wildman–Crippen LogP) is 2.92. The summed E-state index contributed by atoms with van der Waals surface area (Å²) in [6.07, 6.45) is 0. The Morgan fingerprint density at radius 2 is 1.86 bits per heavy atom. The number of amides is 1. The van der Waals surface area contributed by atoms with E-state index in [9.17, 15) is 4.79 Å². The highest BCUT2D eigenvalue weighted by Crippen LogP contribution is 2.17. The molecule has 0 atom stereocenters. The van der Waals surface area contributed by atoms with Crippen LogP contribution in [0.1, 0.15) is 15.9 Å². The van der Waals surface area contributed by atoms with E-state index in [4.69, 9.17) is 17.3 Å². The molecule has 0 aromatic heterocycles. The van der Waals surface area contributed by atoms with Gasteiger partial charge in [-0.05, 0) is 35.9 Å². The maximum atomic E-state index is 12.1. The average Bonchev–Trinajstić information content (AvgIpc) is 2.44. The maximum Gasteiger partial charge on any atom is 0.251 e. The van der Waals surface area contributed by atoms with Gasteiger partial charge in [0.2, 0.25) is 0 Å². The third-order valence-electron chi connectivity index (χ3n) is 3.09. The van der Waals surface area contributed by atoms with Crippen molar-refractivity contribution in [1.29, 1.82) is 0 Å². The van der Waals surface area contributed by atoms with Crippen molar-refractivity contribution in [3.05, 3.63) is 58.6 Å². The Labute approximate surface area is 129 Å². The van der Waals surface area contributed by atoms with Crippen LogP contribution in [0.2, 0.25) is 5.02 Å². The molecule has 5 heteroatoms. The number of hydrogen-bond acceptors (Lipinski definition) is 3. The molecule has 0 spiro atoms. The summed E-state index contributed by atoms with van der Waals surface area (Å²) in [4.78, 5) is 14.1. The third kappa shape index (κ3) is 4.13. The minimum atomic E-state index is -0.194. The summed E-state index contributed by atoms with van der Waals surface area (Å²) < 4.78 is 0. The van der Waals surface area contributed by atoms with Crippen molar-refractivity contribution in [3.8, 4) is 0 Å². The van der Waals surface area contributed by atoms with E-state index in [0.717, 1.165) is 11.3 Å². The van der Waals surface area contributed by atoms with Crippen molar-refractivity contribution < 1.29 is 4.79 Å². The van der Waals surface area contributed by atoms with E-state index in [1.807, 2.05) is 43.3 Å². The predicted molar refractivity (Wildman–Crippen MR) is 87.8 cm³/mol. The van der Waals surface area contributed by atoms with Gasteiger partial charge in [0.05, 0.1) is 0 Å². The first-order valence-corrected chi connectivity index (χ1v) is 6.94. The topological polar surface area (TPSA) is 58.4 Å². The Bertz CT molecular complexity index is 618. The zero-order chi connectivity index (χ0) is 15.4. The molecule has 0 aliphatic rings. The van der Waals surface area contributed by atoms with Crippen LogP contribution in [0.25, 0.3) is 0 Å². The summed E-state index contributed by atoms with van der Waals surface area (Å²) in [6.45, 7) is 0.457. The molecular weight excluding hydrogens is 286 g/mol. The van der Waals surface area contributed by atoms with Crippen molar-refractivity contribution in [2.45, 2.75) is 6.54 Å². The first-order chi connectivity index (χ1) is 9.95. The number of benzene rings is 2. The number of halogens is 1. The lowest BCUT2D eigenvalue weighted by atomic mass is 10.1. The van der Waals surface area contributed by atoms with Gasteiger partial charge in [-0.2, -0.15) is 0 Å². The quantitative estimate of drug-likeness (QED) is 0.854. The lowest BCUT2D eigenvalue weighted by Crippen LogP contribution is -2.23. The van der Waals surface area contributed by atoms with Gasteiger partial charge in [0.25, 0.3) is 5.91 Å². The number of carbonyl (C=O) groups is 1. The van der Waals surface area contributed by atoms with Gasteiger partial charge in [0.15, 0.2) is 0 Å². The van der Waals surface area contributed by atoms with Crippen molar-refractivity contribution in [1.82, 2.24) is 5.32 Å². The Kier molecular flexibility index (Phi) is 4.70. The fraction of sp³-hybridized carbons (Fsp3) is 0.188. The summed E-state index contributed by atoms with van der Waals surface area (Å²) in [6, 6.07) is 12.8. The molecule has 0 fully saturated rings. The standard InChI is InChI=1S/C16H18ClN3O/c1-20(2)15-5-3-11(4-6-15)10-19-16(21)12-7-13(17)9-14(18)8-12/h3-9H,10,18H2,1-2H3,(H,19,21). The minimum Gasteiger partial charge on any atom is -0.399 e. The van der Waals surface area contributed by atoms with Crippen molar-refractivity contribution in [2.75, 3.05) is 24.7 Å². The molecule has 2 rings (SSSR count). The second-order valence-electron chi connectivity index (χ2n) is 5.02. The van der Waals surface area contributed by atoms with Crippen LogP contribution in [0.4, 0.5) is 11.4 Å². The lowest BCUT2D eigenvalue weighted by molar-refractivity contribution is 0.0951. The van der Waals surface area contributed by atoms with Crippen LogP contribution in [0, 0.1) is 0 Å². The number of nitrogen functional groups attached to an aromatic ring is 1. The Hall–Kier alpha value is -2.20. The molecule has 2 aromatic carbocycles. The van der Waals surface area contributed by atoms with Gasteiger partial charge in [0, 0.05) is 42.6 Å². The largest absolute Gasteiger partial charge is 0.399 e. The third-order valence-corrected chi connectivity index (χ3v) is 3.31. The van der Waals surface area contributed by atoms with E-state index in [0.29, 0.717) is 22.8 Å². The van der Waals surface area contributed by atoms with Crippen LogP contribution in [-0.2, 0) is 6.54 Å². The van der Waals surface area contributed by atoms with Crippen molar-refractivity contribution >= 4 is 28.9 Å². The number of rotatable bonds is 4. The van der Waals surface area contributed by atoms with Gasteiger partial charge >= 0.3 is 0 Å². The van der Waals surface area contributed by atoms with Gasteiger partial charge in [-0.25, -0.2) is 0 Å². The van der Waals surface area contributed by atoms with Crippen LogP contribution in [0.15, 0.2) is 42.5 Å². The highest BCUT2D eigenvalue weighted by atomic mass is 35.5. The summed E-state index contributed by atoms with van der Waals surface area (Å²) in [5, 5.41) is 3.31.